The molecule has 0 aliphatic carbocycles. The van der Waals surface area contributed by atoms with Crippen LogP contribution in [0.25, 0.3) is 0 Å². The molecule has 5 nitrogen and oxygen atoms in total. The summed E-state index contributed by atoms with van der Waals surface area (Å²) in [5.74, 6) is 0.227. The molecule has 0 amide bonds. The van der Waals surface area contributed by atoms with E-state index in [2.05, 4.69) is 4.90 Å². The summed E-state index contributed by atoms with van der Waals surface area (Å²) in [6.07, 6.45) is 1.18. The molecule has 15 heavy (non-hydrogen) atoms. The molecule has 1 unspecified atom stereocenters. The van der Waals surface area contributed by atoms with Crippen molar-refractivity contribution in [2.45, 2.75) is 12.2 Å². The van der Waals surface area contributed by atoms with E-state index in [1.54, 1.807) is 6.92 Å². The molecular weight excluding hydrogens is 214 g/mol. The Morgan fingerprint density at radius 1 is 1.27 bits per heavy atom. The predicted molar refractivity (Wildman–Crippen MR) is 61.1 cm³/mol. The van der Waals surface area contributed by atoms with Crippen LogP contribution >= 0.6 is 0 Å². The van der Waals surface area contributed by atoms with Crippen LogP contribution in [-0.2, 0) is 9.84 Å². The Hall–Kier alpha value is -0.620. The van der Waals surface area contributed by atoms with Crippen LogP contribution in [-0.4, -0.2) is 68.8 Å². The van der Waals surface area contributed by atoms with Gasteiger partial charge in [0.15, 0.2) is 9.84 Å². The Labute approximate surface area is 91.5 Å². The number of rotatable bonds is 2. The third-order valence-electron chi connectivity index (χ3n) is 2.87. The van der Waals surface area contributed by atoms with Gasteiger partial charge in [-0.1, -0.05) is 0 Å². The quantitative estimate of drug-likeness (QED) is 0.523. The average Bonchev–Trinajstić information content (AvgIpc) is 2.15. The molecule has 1 N–H and O–H groups in total. The molecule has 1 saturated heterocycles. The van der Waals surface area contributed by atoms with Gasteiger partial charge in [0.25, 0.3) is 0 Å². The Balaban J connectivity index is 2.62. The molecule has 0 saturated carbocycles. The van der Waals surface area contributed by atoms with Crippen LogP contribution in [0.1, 0.15) is 6.92 Å². The zero-order chi connectivity index (χ0) is 11.6. The highest BCUT2D eigenvalue weighted by atomic mass is 32.2. The molecule has 1 heterocycles. The third-order valence-corrected chi connectivity index (χ3v) is 4.38. The van der Waals surface area contributed by atoms with E-state index in [4.69, 9.17) is 5.41 Å². The van der Waals surface area contributed by atoms with Gasteiger partial charge in [-0.15, -0.1) is 0 Å². The number of piperazine rings is 1. The van der Waals surface area contributed by atoms with E-state index in [0.29, 0.717) is 0 Å². The largest absolute Gasteiger partial charge is 0.357 e. The second-order valence-corrected chi connectivity index (χ2v) is 6.51. The maximum atomic E-state index is 11.3. The zero-order valence-electron chi connectivity index (χ0n) is 9.52. The van der Waals surface area contributed by atoms with Crippen molar-refractivity contribution in [1.82, 2.24) is 9.80 Å². The summed E-state index contributed by atoms with van der Waals surface area (Å²) in [7, 11) is -1.12. The van der Waals surface area contributed by atoms with Gasteiger partial charge in [0, 0.05) is 32.4 Å². The van der Waals surface area contributed by atoms with Gasteiger partial charge in [0.2, 0.25) is 0 Å². The Morgan fingerprint density at radius 2 is 1.73 bits per heavy atom. The van der Waals surface area contributed by atoms with E-state index in [9.17, 15) is 8.42 Å². The highest BCUT2D eigenvalue weighted by Gasteiger charge is 2.26. The molecule has 1 rings (SSSR count). The maximum Gasteiger partial charge on any atom is 0.157 e. The molecule has 1 aliphatic rings. The minimum Gasteiger partial charge on any atom is -0.357 e. The number of hydrogen-bond donors (Lipinski definition) is 1. The molecule has 1 atom stereocenters. The Bertz CT molecular complexity index is 331. The van der Waals surface area contributed by atoms with Gasteiger partial charge in [0.05, 0.1) is 0 Å². The first-order chi connectivity index (χ1) is 6.82. The number of hydrogen-bond acceptors (Lipinski definition) is 4. The average molecular weight is 233 g/mol. The van der Waals surface area contributed by atoms with E-state index in [1.165, 1.54) is 6.26 Å². The fourth-order valence-corrected chi connectivity index (χ4v) is 2.06. The number of likely N-dealkylation sites (N-methyl/N-ethyl adjacent to an activating group) is 1. The van der Waals surface area contributed by atoms with Crippen LogP contribution in [0.4, 0.5) is 0 Å². The van der Waals surface area contributed by atoms with Crippen molar-refractivity contribution in [3.63, 3.8) is 0 Å². The van der Waals surface area contributed by atoms with Crippen LogP contribution < -0.4 is 0 Å². The molecule has 0 aromatic heterocycles. The molecule has 1 fully saturated rings. The van der Waals surface area contributed by atoms with Crippen molar-refractivity contribution in [2.24, 2.45) is 0 Å². The van der Waals surface area contributed by atoms with Gasteiger partial charge in [-0.25, -0.2) is 8.42 Å². The maximum absolute atomic E-state index is 11.3. The first-order valence-corrected chi connectivity index (χ1v) is 6.98. The lowest BCUT2D eigenvalue weighted by molar-refractivity contribution is 0.213. The number of nitrogens with one attached hydrogen (secondary N) is 1. The summed E-state index contributed by atoms with van der Waals surface area (Å²) in [5, 5.41) is 7.15. The number of nitrogens with zero attached hydrogens (tertiary/aromatic N) is 2. The van der Waals surface area contributed by atoms with Gasteiger partial charge < -0.3 is 9.80 Å². The zero-order valence-corrected chi connectivity index (χ0v) is 10.3. The molecule has 0 bridgehead atoms. The van der Waals surface area contributed by atoms with Crippen LogP contribution in [0.3, 0.4) is 0 Å². The van der Waals surface area contributed by atoms with Crippen molar-refractivity contribution < 1.29 is 8.42 Å². The first-order valence-electron chi connectivity index (χ1n) is 5.03. The van der Waals surface area contributed by atoms with Crippen molar-refractivity contribution in [3.05, 3.63) is 0 Å². The summed E-state index contributed by atoms with van der Waals surface area (Å²) in [5.41, 5.74) is 0. The van der Waals surface area contributed by atoms with Crippen molar-refractivity contribution in [2.75, 3.05) is 39.5 Å². The third kappa shape index (κ3) is 3.17. The van der Waals surface area contributed by atoms with Crippen molar-refractivity contribution in [1.29, 1.82) is 5.41 Å². The van der Waals surface area contributed by atoms with Crippen LogP contribution in [0.2, 0.25) is 0 Å². The van der Waals surface area contributed by atoms with Gasteiger partial charge >= 0.3 is 0 Å². The molecule has 0 radical (unpaired) electrons. The molecule has 6 heteroatoms. The monoisotopic (exact) mass is 233 g/mol. The molecule has 0 aromatic rings. The molecule has 0 aromatic carbocycles. The predicted octanol–water partition coefficient (Wildman–Crippen LogP) is -0.356. The summed E-state index contributed by atoms with van der Waals surface area (Å²) in [6.45, 7) is 4.85. The van der Waals surface area contributed by atoms with Gasteiger partial charge in [-0.05, 0) is 14.0 Å². The molecule has 88 valence electrons. The van der Waals surface area contributed by atoms with Gasteiger partial charge in [-0.3, -0.25) is 5.41 Å². The summed E-state index contributed by atoms with van der Waals surface area (Å²) >= 11 is 0. The smallest absolute Gasteiger partial charge is 0.157 e. The van der Waals surface area contributed by atoms with E-state index in [0.717, 1.165) is 26.2 Å². The fourth-order valence-electron chi connectivity index (χ4n) is 1.51. The Kier molecular flexibility index (Phi) is 3.72. The van der Waals surface area contributed by atoms with Crippen LogP contribution in [0.15, 0.2) is 0 Å². The first kappa shape index (κ1) is 12.4. The van der Waals surface area contributed by atoms with Crippen LogP contribution in [0, 0.1) is 5.41 Å². The van der Waals surface area contributed by atoms with Crippen LogP contribution in [0.5, 0.6) is 0 Å². The second-order valence-electron chi connectivity index (χ2n) is 4.15. The summed E-state index contributed by atoms with van der Waals surface area (Å²) in [6, 6.07) is 0. The highest BCUT2D eigenvalue weighted by molar-refractivity contribution is 7.92. The lowest BCUT2D eigenvalue weighted by atomic mass is 10.3. The summed E-state index contributed by atoms with van der Waals surface area (Å²) in [4.78, 5) is 4.03. The molecule has 0 spiro atoms. The minimum atomic E-state index is -3.14. The molecular formula is C9H19N3O2S. The number of amidine groups is 1. The number of sulfone groups is 1. The van der Waals surface area contributed by atoms with Gasteiger partial charge in [0.1, 0.15) is 11.1 Å². The SMILES string of the molecule is CC(C(=N)N1CCN(C)CC1)S(C)(=O)=O. The Morgan fingerprint density at radius 3 is 2.13 bits per heavy atom. The lowest BCUT2D eigenvalue weighted by Gasteiger charge is -2.35. The highest BCUT2D eigenvalue weighted by Crippen LogP contribution is 2.07. The molecule has 1 aliphatic heterocycles. The lowest BCUT2D eigenvalue weighted by Crippen LogP contribution is -2.50. The van der Waals surface area contributed by atoms with Gasteiger partial charge in [-0.2, -0.15) is 0 Å². The van der Waals surface area contributed by atoms with E-state index < -0.39 is 15.1 Å². The standard InChI is InChI=1S/C9H19N3O2S/c1-8(15(3,13)14)9(10)12-6-4-11(2)5-7-12/h8,10H,4-7H2,1-3H3. The van der Waals surface area contributed by atoms with Crippen molar-refractivity contribution in [3.8, 4) is 0 Å². The normalized spacial score (nSPS) is 21.4. The topological polar surface area (TPSA) is 64.5 Å². The summed E-state index contributed by atoms with van der Waals surface area (Å²) < 4.78 is 22.6. The van der Waals surface area contributed by atoms with Crippen molar-refractivity contribution >= 4 is 15.7 Å². The second kappa shape index (κ2) is 4.49. The van der Waals surface area contributed by atoms with E-state index in [-0.39, 0.29) is 5.84 Å². The van der Waals surface area contributed by atoms with E-state index >= 15 is 0 Å². The fraction of sp³-hybridized carbons (Fsp3) is 0.889. The minimum absolute atomic E-state index is 0.227. The van der Waals surface area contributed by atoms with E-state index in [1.807, 2.05) is 11.9 Å².